The molecule has 1 amide bonds. The molecule has 1 aromatic carbocycles. The van der Waals surface area contributed by atoms with Gasteiger partial charge in [-0.05, 0) is 30.0 Å². The predicted molar refractivity (Wildman–Crippen MR) is 92.8 cm³/mol. The van der Waals surface area contributed by atoms with Crippen LogP contribution in [0.15, 0.2) is 57.7 Å². The average Bonchev–Trinajstić information content (AvgIpc) is 3.32. The molecule has 0 spiro atoms. The largest absolute Gasteiger partial charge is 0.461 e. The molecule has 0 fully saturated rings. The van der Waals surface area contributed by atoms with Crippen molar-refractivity contribution in [1.29, 1.82) is 0 Å². The van der Waals surface area contributed by atoms with Gasteiger partial charge in [0.05, 0.1) is 6.26 Å². The number of benzene rings is 1. The Morgan fingerprint density at radius 1 is 1.20 bits per heavy atom. The van der Waals surface area contributed by atoms with Crippen LogP contribution in [-0.4, -0.2) is 22.6 Å². The number of amides is 1. The molecule has 0 aliphatic rings. The van der Waals surface area contributed by atoms with Gasteiger partial charge in [-0.15, -0.1) is 0 Å². The minimum absolute atomic E-state index is 0.0157. The van der Waals surface area contributed by atoms with Crippen molar-refractivity contribution in [3.63, 3.8) is 0 Å². The molecular weight excluding hydrogens is 318 g/mol. The highest BCUT2D eigenvalue weighted by Crippen LogP contribution is 2.18. The number of nitrogens with zero attached hydrogens (tertiary/aromatic N) is 2. The molecule has 0 aliphatic heterocycles. The lowest BCUT2D eigenvalue weighted by Gasteiger charge is -2.12. The van der Waals surface area contributed by atoms with Crippen LogP contribution in [0.4, 0.5) is 0 Å². The quantitative estimate of drug-likeness (QED) is 0.678. The third-order valence-electron chi connectivity index (χ3n) is 4.04. The molecule has 0 saturated carbocycles. The first-order chi connectivity index (χ1) is 12.2. The Bertz CT molecular complexity index is 781. The van der Waals surface area contributed by atoms with Gasteiger partial charge in [-0.3, -0.25) is 4.79 Å². The van der Waals surface area contributed by atoms with Crippen LogP contribution in [0.3, 0.4) is 0 Å². The van der Waals surface area contributed by atoms with Crippen molar-refractivity contribution in [2.24, 2.45) is 0 Å². The molecule has 0 unspecified atom stereocenters. The Kier molecular flexibility index (Phi) is 5.61. The number of carbonyl (C=O) groups excluding carboxylic acids is 1. The lowest BCUT2D eigenvalue weighted by atomic mass is 9.98. The molecule has 130 valence electrons. The number of rotatable bonds is 8. The molecule has 0 saturated heterocycles. The topological polar surface area (TPSA) is 81.2 Å². The first-order valence-corrected chi connectivity index (χ1v) is 8.40. The highest BCUT2D eigenvalue weighted by Gasteiger charge is 2.12. The maximum atomic E-state index is 12.0. The van der Waals surface area contributed by atoms with E-state index in [1.165, 1.54) is 5.56 Å². The van der Waals surface area contributed by atoms with Crippen LogP contribution < -0.4 is 5.32 Å². The van der Waals surface area contributed by atoms with Crippen LogP contribution in [0.2, 0.25) is 0 Å². The normalized spacial score (nSPS) is 12.0. The Morgan fingerprint density at radius 2 is 2.04 bits per heavy atom. The number of hydrogen-bond donors (Lipinski definition) is 1. The highest BCUT2D eigenvalue weighted by molar-refractivity contribution is 5.75. The second kappa shape index (κ2) is 8.28. The van der Waals surface area contributed by atoms with Crippen molar-refractivity contribution in [1.82, 2.24) is 15.5 Å². The molecule has 6 nitrogen and oxygen atoms in total. The monoisotopic (exact) mass is 339 g/mol. The SMILES string of the molecule is C[C@H](CCNC(=O)CCc1nc(-c2ccco2)no1)c1ccccc1. The number of nitrogens with one attached hydrogen (secondary N) is 1. The number of carbonyl (C=O) groups is 1. The summed E-state index contributed by atoms with van der Waals surface area (Å²) in [6.07, 6.45) is 3.18. The second-order valence-electron chi connectivity index (χ2n) is 5.94. The zero-order chi connectivity index (χ0) is 17.5. The van der Waals surface area contributed by atoms with Gasteiger partial charge in [0.2, 0.25) is 17.6 Å². The first kappa shape index (κ1) is 17.0. The van der Waals surface area contributed by atoms with Gasteiger partial charge in [-0.25, -0.2) is 0 Å². The van der Waals surface area contributed by atoms with Crippen molar-refractivity contribution < 1.29 is 13.7 Å². The highest BCUT2D eigenvalue weighted by atomic mass is 16.5. The number of aromatic nitrogens is 2. The number of furan rings is 1. The lowest BCUT2D eigenvalue weighted by Crippen LogP contribution is -2.25. The molecule has 25 heavy (non-hydrogen) atoms. The summed E-state index contributed by atoms with van der Waals surface area (Å²) in [6.45, 7) is 2.81. The zero-order valence-corrected chi connectivity index (χ0v) is 14.1. The second-order valence-corrected chi connectivity index (χ2v) is 5.94. The summed E-state index contributed by atoms with van der Waals surface area (Å²) in [5.74, 6) is 1.77. The summed E-state index contributed by atoms with van der Waals surface area (Å²) < 4.78 is 10.3. The van der Waals surface area contributed by atoms with E-state index < -0.39 is 0 Å². The van der Waals surface area contributed by atoms with E-state index in [0.717, 1.165) is 6.42 Å². The molecule has 1 N–H and O–H groups in total. The molecule has 3 aromatic rings. The third kappa shape index (κ3) is 4.79. The Morgan fingerprint density at radius 3 is 2.80 bits per heavy atom. The smallest absolute Gasteiger partial charge is 0.238 e. The van der Waals surface area contributed by atoms with E-state index >= 15 is 0 Å². The van der Waals surface area contributed by atoms with Crippen LogP contribution in [0, 0.1) is 0 Å². The van der Waals surface area contributed by atoms with E-state index in [0.29, 0.717) is 42.8 Å². The molecular formula is C19H21N3O3. The fourth-order valence-electron chi connectivity index (χ4n) is 2.55. The van der Waals surface area contributed by atoms with Gasteiger partial charge in [-0.2, -0.15) is 4.98 Å². The summed E-state index contributed by atoms with van der Waals surface area (Å²) >= 11 is 0. The van der Waals surface area contributed by atoms with Crippen LogP contribution >= 0.6 is 0 Å². The Balaban J connectivity index is 1.38. The maximum absolute atomic E-state index is 12.0. The molecule has 2 heterocycles. The molecule has 1 atom stereocenters. The summed E-state index contributed by atoms with van der Waals surface area (Å²) in [6, 6.07) is 13.8. The van der Waals surface area contributed by atoms with Crippen LogP contribution in [0.5, 0.6) is 0 Å². The van der Waals surface area contributed by atoms with Crippen molar-refractivity contribution >= 4 is 5.91 Å². The molecule has 0 aliphatic carbocycles. The maximum Gasteiger partial charge on any atom is 0.238 e. The lowest BCUT2D eigenvalue weighted by molar-refractivity contribution is -0.121. The molecule has 0 radical (unpaired) electrons. The third-order valence-corrected chi connectivity index (χ3v) is 4.04. The Hall–Kier alpha value is -2.89. The summed E-state index contributed by atoms with van der Waals surface area (Å²) in [7, 11) is 0. The fourth-order valence-corrected chi connectivity index (χ4v) is 2.55. The van der Waals surface area contributed by atoms with Crippen molar-refractivity contribution in [3.8, 4) is 11.6 Å². The summed E-state index contributed by atoms with van der Waals surface area (Å²) in [5, 5.41) is 6.78. The van der Waals surface area contributed by atoms with Gasteiger partial charge in [0.1, 0.15) is 0 Å². The van der Waals surface area contributed by atoms with Gasteiger partial charge in [0.15, 0.2) is 5.76 Å². The van der Waals surface area contributed by atoms with Gasteiger partial charge in [-0.1, -0.05) is 42.4 Å². The van der Waals surface area contributed by atoms with E-state index in [-0.39, 0.29) is 5.91 Å². The molecule has 0 bridgehead atoms. The standard InChI is InChI=1S/C19H21N3O3/c1-14(15-6-3-2-4-7-15)11-12-20-17(23)9-10-18-21-19(22-25-18)16-8-5-13-24-16/h2-8,13-14H,9-12H2,1H3,(H,20,23)/t14-/m1/s1. The first-order valence-electron chi connectivity index (χ1n) is 8.40. The van der Waals surface area contributed by atoms with Gasteiger partial charge >= 0.3 is 0 Å². The minimum atomic E-state index is -0.0157. The zero-order valence-electron chi connectivity index (χ0n) is 14.1. The average molecular weight is 339 g/mol. The molecule has 3 rings (SSSR count). The van der Waals surface area contributed by atoms with E-state index in [9.17, 15) is 4.79 Å². The van der Waals surface area contributed by atoms with Crippen molar-refractivity contribution in [2.75, 3.05) is 6.54 Å². The fraction of sp³-hybridized carbons (Fsp3) is 0.316. The van der Waals surface area contributed by atoms with E-state index in [4.69, 9.17) is 8.94 Å². The number of aryl methyl sites for hydroxylation is 1. The Labute approximate surface area is 146 Å². The van der Waals surface area contributed by atoms with Gasteiger partial charge in [0.25, 0.3) is 0 Å². The van der Waals surface area contributed by atoms with Crippen molar-refractivity contribution in [3.05, 3.63) is 60.2 Å². The van der Waals surface area contributed by atoms with E-state index in [1.54, 1.807) is 18.4 Å². The minimum Gasteiger partial charge on any atom is -0.461 e. The van der Waals surface area contributed by atoms with Crippen LogP contribution in [0.1, 0.15) is 37.1 Å². The molecule has 6 heteroatoms. The van der Waals surface area contributed by atoms with Crippen molar-refractivity contribution in [2.45, 2.75) is 32.1 Å². The summed E-state index contributed by atoms with van der Waals surface area (Å²) in [5.41, 5.74) is 1.29. The predicted octanol–water partition coefficient (Wildman–Crippen LogP) is 3.57. The van der Waals surface area contributed by atoms with Gasteiger partial charge < -0.3 is 14.3 Å². The van der Waals surface area contributed by atoms with Crippen LogP contribution in [0.25, 0.3) is 11.6 Å². The van der Waals surface area contributed by atoms with E-state index in [1.807, 2.05) is 18.2 Å². The van der Waals surface area contributed by atoms with E-state index in [2.05, 4.69) is 34.5 Å². The molecule has 2 aromatic heterocycles. The summed E-state index contributed by atoms with van der Waals surface area (Å²) in [4.78, 5) is 16.2. The number of hydrogen-bond acceptors (Lipinski definition) is 5. The van der Waals surface area contributed by atoms with Gasteiger partial charge in [0, 0.05) is 19.4 Å². The van der Waals surface area contributed by atoms with Crippen LogP contribution in [-0.2, 0) is 11.2 Å².